The van der Waals surface area contributed by atoms with Crippen LogP contribution in [-0.4, -0.2) is 28.3 Å². The van der Waals surface area contributed by atoms with Crippen molar-refractivity contribution in [1.82, 2.24) is 15.1 Å². The van der Waals surface area contributed by atoms with Crippen LogP contribution < -0.4 is 15.6 Å². The predicted octanol–water partition coefficient (Wildman–Crippen LogP) is 2.03. The number of hydrogen-bond donors (Lipinski definition) is 1. The second-order valence-corrected chi connectivity index (χ2v) is 6.44. The second-order valence-electron chi connectivity index (χ2n) is 6.44. The van der Waals surface area contributed by atoms with E-state index in [-0.39, 0.29) is 24.1 Å². The van der Waals surface area contributed by atoms with E-state index in [0.29, 0.717) is 12.2 Å². The van der Waals surface area contributed by atoms with Crippen molar-refractivity contribution in [2.24, 2.45) is 0 Å². The maximum Gasteiger partial charge on any atom is 0.267 e. The SMILES string of the molecule is O=C(Cn1nc(-c2ccccc2)ccc1=O)NC[C@@H]1Cc2ccccc2O1. The van der Waals surface area contributed by atoms with Gasteiger partial charge in [-0.25, -0.2) is 4.68 Å². The Balaban J connectivity index is 1.38. The lowest BCUT2D eigenvalue weighted by Crippen LogP contribution is -2.38. The molecule has 1 atom stereocenters. The van der Waals surface area contributed by atoms with Gasteiger partial charge in [-0.1, -0.05) is 48.5 Å². The second kappa shape index (κ2) is 7.45. The molecule has 1 N–H and O–H groups in total. The Morgan fingerprint density at radius 2 is 1.85 bits per heavy atom. The molecule has 0 aliphatic carbocycles. The fourth-order valence-electron chi connectivity index (χ4n) is 3.11. The molecule has 6 heteroatoms. The highest BCUT2D eigenvalue weighted by Gasteiger charge is 2.22. The summed E-state index contributed by atoms with van der Waals surface area (Å²) in [6.07, 6.45) is 0.671. The monoisotopic (exact) mass is 361 g/mol. The molecular weight excluding hydrogens is 342 g/mol. The zero-order valence-corrected chi connectivity index (χ0v) is 14.7. The Morgan fingerprint density at radius 3 is 2.67 bits per heavy atom. The van der Waals surface area contributed by atoms with Crippen molar-refractivity contribution in [2.75, 3.05) is 6.54 Å². The summed E-state index contributed by atoms with van der Waals surface area (Å²) in [5.74, 6) is 0.597. The van der Waals surface area contributed by atoms with Crippen LogP contribution in [0.1, 0.15) is 5.56 Å². The quantitative estimate of drug-likeness (QED) is 0.755. The van der Waals surface area contributed by atoms with Crippen LogP contribution in [0.3, 0.4) is 0 Å². The molecule has 1 amide bonds. The van der Waals surface area contributed by atoms with Crippen molar-refractivity contribution in [1.29, 1.82) is 0 Å². The number of para-hydroxylation sites is 1. The van der Waals surface area contributed by atoms with Gasteiger partial charge in [0.1, 0.15) is 18.4 Å². The van der Waals surface area contributed by atoms with Crippen LogP contribution in [0.25, 0.3) is 11.3 Å². The third-order valence-electron chi connectivity index (χ3n) is 4.47. The predicted molar refractivity (Wildman–Crippen MR) is 102 cm³/mol. The van der Waals surface area contributed by atoms with Crippen molar-refractivity contribution in [3.05, 3.63) is 82.6 Å². The number of nitrogens with zero attached hydrogens (tertiary/aromatic N) is 2. The lowest BCUT2D eigenvalue weighted by atomic mass is 10.1. The van der Waals surface area contributed by atoms with E-state index in [1.165, 1.54) is 10.7 Å². The number of nitrogens with one attached hydrogen (secondary N) is 1. The number of rotatable bonds is 5. The molecule has 0 unspecified atom stereocenters. The first-order chi connectivity index (χ1) is 13.2. The van der Waals surface area contributed by atoms with Gasteiger partial charge in [0.25, 0.3) is 5.56 Å². The van der Waals surface area contributed by atoms with E-state index in [4.69, 9.17) is 4.74 Å². The summed E-state index contributed by atoms with van der Waals surface area (Å²) >= 11 is 0. The van der Waals surface area contributed by atoms with E-state index in [2.05, 4.69) is 10.4 Å². The Bertz CT molecular complexity index is 989. The summed E-state index contributed by atoms with van der Waals surface area (Å²) in [6.45, 7) is 0.264. The summed E-state index contributed by atoms with van der Waals surface area (Å²) in [7, 11) is 0. The molecule has 0 radical (unpaired) electrons. The zero-order valence-electron chi connectivity index (χ0n) is 14.7. The van der Waals surface area contributed by atoms with Gasteiger partial charge in [-0.15, -0.1) is 0 Å². The van der Waals surface area contributed by atoms with E-state index in [0.717, 1.165) is 23.3 Å². The summed E-state index contributed by atoms with van der Waals surface area (Å²) in [5.41, 5.74) is 2.38. The Hall–Kier alpha value is -3.41. The summed E-state index contributed by atoms with van der Waals surface area (Å²) in [6, 6.07) is 20.5. The van der Waals surface area contributed by atoms with Crippen molar-refractivity contribution in [3.63, 3.8) is 0 Å². The van der Waals surface area contributed by atoms with Gasteiger partial charge >= 0.3 is 0 Å². The molecule has 1 aromatic heterocycles. The van der Waals surface area contributed by atoms with Crippen molar-refractivity contribution in [3.8, 4) is 17.0 Å². The maximum absolute atomic E-state index is 12.3. The summed E-state index contributed by atoms with van der Waals surface area (Å²) < 4.78 is 6.99. The number of aromatic nitrogens is 2. The van der Waals surface area contributed by atoms with E-state index in [9.17, 15) is 9.59 Å². The molecule has 3 aromatic rings. The lowest BCUT2D eigenvalue weighted by Gasteiger charge is -2.12. The molecule has 1 aliphatic rings. The molecule has 2 aromatic carbocycles. The lowest BCUT2D eigenvalue weighted by molar-refractivity contribution is -0.122. The minimum Gasteiger partial charge on any atom is -0.488 e. The summed E-state index contributed by atoms with van der Waals surface area (Å²) in [5, 5.41) is 7.14. The number of ether oxygens (including phenoxy) is 1. The zero-order chi connectivity index (χ0) is 18.6. The number of carbonyl (C=O) groups excluding carboxylic acids is 1. The molecule has 2 heterocycles. The van der Waals surface area contributed by atoms with Crippen LogP contribution in [0.2, 0.25) is 0 Å². The van der Waals surface area contributed by atoms with Gasteiger partial charge < -0.3 is 10.1 Å². The van der Waals surface area contributed by atoms with E-state index < -0.39 is 0 Å². The van der Waals surface area contributed by atoms with Crippen molar-refractivity contribution >= 4 is 5.91 Å². The van der Waals surface area contributed by atoms with Gasteiger partial charge in [-0.3, -0.25) is 9.59 Å². The van der Waals surface area contributed by atoms with Crippen LogP contribution in [0.4, 0.5) is 0 Å². The molecule has 0 saturated carbocycles. The highest BCUT2D eigenvalue weighted by atomic mass is 16.5. The topological polar surface area (TPSA) is 73.2 Å². The molecule has 0 bridgehead atoms. The largest absolute Gasteiger partial charge is 0.488 e. The van der Waals surface area contributed by atoms with Gasteiger partial charge in [0, 0.05) is 18.1 Å². The van der Waals surface area contributed by atoms with Crippen LogP contribution in [0, 0.1) is 0 Å². The van der Waals surface area contributed by atoms with Crippen LogP contribution in [0.15, 0.2) is 71.5 Å². The number of benzene rings is 2. The normalized spacial score (nSPS) is 15.0. The Kier molecular flexibility index (Phi) is 4.70. The van der Waals surface area contributed by atoms with Crippen LogP contribution >= 0.6 is 0 Å². The first kappa shape index (κ1) is 17.0. The van der Waals surface area contributed by atoms with E-state index in [1.807, 2.05) is 54.6 Å². The third kappa shape index (κ3) is 3.89. The Morgan fingerprint density at radius 1 is 1.07 bits per heavy atom. The molecule has 4 rings (SSSR count). The molecule has 0 spiro atoms. The minimum absolute atomic E-state index is 0.0910. The average Bonchev–Trinajstić information content (AvgIpc) is 3.12. The Labute approximate surface area is 156 Å². The van der Waals surface area contributed by atoms with Gasteiger partial charge in [0.2, 0.25) is 5.91 Å². The summed E-state index contributed by atoms with van der Waals surface area (Å²) in [4.78, 5) is 24.3. The smallest absolute Gasteiger partial charge is 0.267 e. The van der Waals surface area contributed by atoms with E-state index >= 15 is 0 Å². The molecule has 1 aliphatic heterocycles. The van der Waals surface area contributed by atoms with Crippen molar-refractivity contribution in [2.45, 2.75) is 19.1 Å². The molecule has 6 nitrogen and oxygen atoms in total. The third-order valence-corrected chi connectivity index (χ3v) is 4.47. The first-order valence-corrected chi connectivity index (χ1v) is 8.84. The van der Waals surface area contributed by atoms with E-state index in [1.54, 1.807) is 6.07 Å². The number of fused-ring (bicyclic) bond motifs is 1. The standard InChI is InChI=1S/C21H19N3O3/c25-20(22-13-17-12-16-8-4-5-9-19(16)27-17)14-24-21(26)11-10-18(23-24)15-6-2-1-3-7-15/h1-11,17H,12-14H2,(H,22,25)/t17-/m0/s1. The number of carbonyl (C=O) groups is 1. The number of hydrogen-bond acceptors (Lipinski definition) is 4. The van der Waals surface area contributed by atoms with Gasteiger partial charge in [-0.2, -0.15) is 5.10 Å². The van der Waals surface area contributed by atoms with Crippen LogP contribution in [-0.2, 0) is 17.8 Å². The fraction of sp³-hybridized carbons (Fsp3) is 0.190. The van der Waals surface area contributed by atoms with Gasteiger partial charge in [-0.05, 0) is 17.7 Å². The highest BCUT2D eigenvalue weighted by molar-refractivity contribution is 5.75. The molecule has 0 saturated heterocycles. The molecule has 0 fully saturated rings. The fourth-order valence-corrected chi connectivity index (χ4v) is 3.11. The molecule has 27 heavy (non-hydrogen) atoms. The molecule has 136 valence electrons. The highest BCUT2D eigenvalue weighted by Crippen LogP contribution is 2.27. The minimum atomic E-state index is -0.311. The van der Waals surface area contributed by atoms with Gasteiger partial charge in [0.15, 0.2) is 0 Å². The number of amides is 1. The van der Waals surface area contributed by atoms with Crippen LogP contribution in [0.5, 0.6) is 5.75 Å². The van der Waals surface area contributed by atoms with Crippen molar-refractivity contribution < 1.29 is 9.53 Å². The molecular formula is C21H19N3O3. The maximum atomic E-state index is 12.3. The average molecular weight is 361 g/mol. The van der Waals surface area contributed by atoms with Gasteiger partial charge in [0.05, 0.1) is 12.2 Å². The first-order valence-electron chi connectivity index (χ1n) is 8.84.